The summed E-state index contributed by atoms with van der Waals surface area (Å²) in [7, 11) is 0. The van der Waals surface area contributed by atoms with E-state index in [0.717, 1.165) is 17.9 Å². The first-order chi connectivity index (χ1) is 9.28. The highest BCUT2D eigenvalue weighted by Gasteiger charge is 2.25. The molecule has 2 aromatic rings. The van der Waals surface area contributed by atoms with Crippen LogP contribution >= 0.6 is 11.6 Å². The maximum atomic E-state index is 6.08. The number of aromatic nitrogens is 4. The van der Waals surface area contributed by atoms with Crippen molar-refractivity contribution < 1.29 is 0 Å². The van der Waals surface area contributed by atoms with Crippen molar-refractivity contribution in [3.63, 3.8) is 0 Å². The molecule has 2 unspecified atom stereocenters. The van der Waals surface area contributed by atoms with Crippen LogP contribution in [0.5, 0.6) is 0 Å². The van der Waals surface area contributed by atoms with Gasteiger partial charge in [0.05, 0.1) is 0 Å². The number of nitrogens with zero attached hydrogens (tertiary/aromatic N) is 4. The highest BCUT2D eigenvalue weighted by atomic mass is 35.5. The van der Waals surface area contributed by atoms with Gasteiger partial charge in [0.25, 0.3) is 5.78 Å². The van der Waals surface area contributed by atoms with Crippen LogP contribution in [0.15, 0.2) is 12.4 Å². The molecule has 0 amide bonds. The van der Waals surface area contributed by atoms with Gasteiger partial charge in [-0.3, -0.25) is 0 Å². The molecule has 3 rings (SSSR count). The summed E-state index contributed by atoms with van der Waals surface area (Å²) in [6, 6.07) is 2.43. The van der Waals surface area contributed by atoms with E-state index in [1.54, 1.807) is 4.52 Å². The molecule has 0 bridgehead atoms. The number of hydrogen-bond donors (Lipinski definition) is 1. The first-order valence-corrected chi connectivity index (χ1v) is 7.31. The van der Waals surface area contributed by atoms with Crippen molar-refractivity contribution in [2.24, 2.45) is 5.92 Å². The lowest BCUT2D eigenvalue weighted by Gasteiger charge is -2.31. The molecule has 0 saturated heterocycles. The van der Waals surface area contributed by atoms with E-state index in [0.29, 0.717) is 23.6 Å². The third-order valence-corrected chi connectivity index (χ3v) is 4.22. The minimum atomic E-state index is 0.417. The van der Waals surface area contributed by atoms with Gasteiger partial charge in [-0.1, -0.05) is 12.8 Å². The van der Waals surface area contributed by atoms with Gasteiger partial charge in [-0.25, -0.2) is 4.98 Å². The zero-order valence-corrected chi connectivity index (χ0v) is 11.8. The molecule has 102 valence electrons. The SMILES string of the molecule is Cc1cc(NC2CCCCC2CCl)n2ncnc2n1. The monoisotopic (exact) mass is 279 g/mol. The summed E-state index contributed by atoms with van der Waals surface area (Å²) in [5.74, 6) is 2.84. The van der Waals surface area contributed by atoms with Gasteiger partial charge in [0, 0.05) is 23.7 Å². The molecule has 1 fully saturated rings. The fourth-order valence-corrected chi connectivity index (χ4v) is 3.18. The molecule has 1 aliphatic rings. The third kappa shape index (κ3) is 2.52. The Balaban J connectivity index is 1.89. The van der Waals surface area contributed by atoms with Gasteiger partial charge in [-0.05, 0) is 25.7 Å². The van der Waals surface area contributed by atoms with E-state index in [2.05, 4.69) is 20.4 Å². The van der Waals surface area contributed by atoms with Crippen molar-refractivity contribution in [1.29, 1.82) is 0 Å². The first kappa shape index (κ1) is 12.7. The van der Waals surface area contributed by atoms with E-state index >= 15 is 0 Å². The van der Waals surface area contributed by atoms with Gasteiger partial charge < -0.3 is 5.32 Å². The number of halogens is 1. The second-order valence-corrected chi connectivity index (χ2v) is 5.51. The summed E-state index contributed by atoms with van der Waals surface area (Å²) < 4.78 is 1.76. The molecule has 1 aliphatic carbocycles. The van der Waals surface area contributed by atoms with E-state index < -0.39 is 0 Å². The second kappa shape index (κ2) is 5.33. The second-order valence-electron chi connectivity index (χ2n) is 5.20. The van der Waals surface area contributed by atoms with E-state index in [4.69, 9.17) is 11.6 Å². The number of nitrogens with one attached hydrogen (secondary N) is 1. The zero-order chi connectivity index (χ0) is 13.2. The molecule has 1 saturated carbocycles. The Morgan fingerprint density at radius 2 is 2.26 bits per heavy atom. The fraction of sp³-hybridized carbons (Fsp3) is 0.615. The van der Waals surface area contributed by atoms with Gasteiger partial charge in [-0.15, -0.1) is 11.6 Å². The molecular weight excluding hydrogens is 262 g/mol. The molecule has 2 heterocycles. The number of anilines is 1. The van der Waals surface area contributed by atoms with Crippen LogP contribution in [0.3, 0.4) is 0 Å². The summed E-state index contributed by atoms with van der Waals surface area (Å²) >= 11 is 6.08. The Morgan fingerprint density at radius 3 is 3.11 bits per heavy atom. The lowest BCUT2D eigenvalue weighted by molar-refractivity contribution is 0.352. The molecule has 2 atom stereocenters. The van der Waals surface area contributed by atoms with E-state index in [-0.39, 0.29) is 0 Å². The molecule has 0 aromatic carbocycles. The third-order valence-electron chi connectivity index (χ3n) is 3.82. The van der Waals surface area contributed by atoms with Gasteiger partial charge in [-0.2, -0.15) is 14.6 Å². The highest BCUT2D eigenvalue weighted by Crippen LogP contribution is 2.28. The molecule has 6 heteroatoms. The lowest BCUT2D eigenvalue weighted by Crippen LogP contribution is -2.34. The number of hydrogen-bond acceptors (Lipinski definition) is 4. The predicted octanol–water partition coefficient (Wildman–Crippen LogP) is 2.64. The molecule has 19 heavy (non-hydrogen) atoms. The molecule has 0 radical (unpaired) electrons. The summed E-state index contributed by atoms with van der Waals surface area (Å²) in [6.45, 7) is 1.97. The van der Waals surface area contributed by atoms with E-state index in [9.17, 15) is 0 Å². The lowest BCUT2D eigenvalue weighted by atomic mass is 9.86. The van der Waals surface area contributed by atoms with E-state index in [1.807, 2.05) is 13.0 Å². The standard InChI is InChI=1S/C13H18ClN5/c1-9-6-12(19-13(17-9)15-8-16-19)18-11-5-3-2-4-10(11)7-14/h6,8,10-11,18H,2-5,7H2,1H3. The van der Waals surface area contributed by atoms with Crippen LogP contribution in [-0.4, -0.2) is 31.5 Å². The van der Waals surface area contributed by atoms with Gasteiger partial charge in [0.15, 0.2) is 0 Å². The number of fused-ring (bicyclic) bond motifs is 1. The van der Waals surface area contributed by atoms with Crippen LogP contribution < -0.4 is 5.32 Å². The minimum absolute atomic E-state index is 0.417. The zero-order valence-electron chi connectivity index (χ0n) is 11.0. The van der Waals surface area contributed by atoms with Crippen LogP contribution in [0.2, 0.25) is 0 Å². The predicted molar refractivity (Wildman–Crippen MR) is 75.6 cm³/mol. The van der Waals surface area contributed by atoms with Crippen molar-refractivity contribution in [2.75, 3.05) is 11.2 Å². The van der Waals surface area contributed by atoms with E-state index in [1.165, 1.54) is 25.6 Å². The normalized spacial score (nSPS) is 23.7. The van der Waals surface area contributed by atoms with Crippen LogP contribution in [0.4, 0.5) is 5.82 Å². The number of rotatable bonds is 3. The highest BCUT2D eigenvalue weighted by molar-refractivity contribution is 6.18. The summed E-state index contributed by atoms with van der Waals surface area (Å²) in [5, 5.41) is 7.81. The van der Waals surface area contributed by atoms with Crippen LogP contribution in [-0.2, 0) is 0 Å². The maximum absolute atomic E-state index is 6.08. The Morgan fingerprint density at radius 1 is 1.42 bits per heavy atom. The van der Waals surface area contributed by atoms with Crippen LogP contribution in [0.25, 0.3) is 5.78 Å². The smallest absolute Gasteiger partial charge is 0.254 e. The van der Waals surface area contributed by atoms with Crippen molar-refractivity contribution >= 4 is 23.2 Å². The number of aryl methyl sites for hydroxylation is 1. The number of alkyl halides is 1. The van der Waals surface area contributed by atoms with Crippen molar-refractivity contribution in [2.45, 2.75) is 38.6 Å². The van der Waals surface area contributed by atoms with Crippen LogP contribution in [0, 0.1) is 12.8 Å². The Kier molecular flexibility index (Phi) is 3.55. The molecule has 2 aromatic heterocycles. The Bertz CT molecular complexity index is 567. The molecule has 1 N–H and O–H groups in total. The minimum Gasteiger partial charge on any atom is -0.367 e. The van der Waals surface area contributed by atoms with Gasteiger partial charge in [0.2, 0.25) is 0 Å². The first-order valence-electron chi connectivity index (χ1n) is 6.78. The molecular formula is C13H18ClN5. The van der Waals surface area contributed by atoms with Gasteiger partial charge >= 0.3 is 0 Å². The fourth-order valence-electron chi connectivity index (χ4n) is 2.81. The van der Waals surface area contributed by atoms with Crippen molar-refractivity contribution in [1.82, 2.24) is 19.6 Å². The quantitative estimate of drug-likeness (QED) is 0.878. The largest absolute Gasteiger partial charge is 0.367 e. The molecule has 0 aliphatic heterocycles. The summed E-state index contributed by atoms with van der Waals surface area (Å²) in [4.78, 5) is 8.50. The average Bonchev–Trinajstić information content (AvgIpc) is 2.87. The maximum Gasteiger partial charge on any atom is 0.254 e. The molecule has 5 nitrogen and oxygen atoms in total. The van der Waals surface area contributed by atoms with Crippen molar-refractivity contribution in [3.05, 3.63) is 18.1 Å². The average molecular weight is 280 g/mol. The van der Waals surface area contributed by atoms with Gasteiger partial charge in [0.1, 0.15) is 12.1 Å². The summed E-state index contributed by atoms with van der Waals surface area (Å²) in [6.07, 6.45) is 6.44. The Labute approximate surface area is 117 Å². The van der Waals surface area contributed by atoms with Crippen LogP contribution in [0.1, 0.15) is 31.4 Å². The molecule has 0 spiro atoms. The topological polar surface area (TPSA) is 55.1 Å². The van der Waals surface area contributed by atoms with Crippen molar-refractivity contribution in [3.8, 4) is 0 Å². The summed E-state index contributed by atoms with van der Waals surface area (Å²) in [5.41, 5.74) is 0.946. The Hall–Kier alpha value is -1.36.